The van der Waals surface area contributed by atoms with Crippen LogP contribution in [0.3, 0.4) is 0 Å². The Labute approximate surface area is 88.2 Å². The summed E-state index contributed by atoms with van der Waals surface area (Å²) in [5.41, 5.74) is 0.797. The highest BCUT2D eigenvalue weighted by Gasteiger charge is 2.44. The first-order valence-corrected chi connectivity index (χ1v) is 6.27. The van der Waals surface area contributed by atoms with Gasteiger partial charge in [0.05, 0.1) is 0 Å². The fourth-order valence-corrected chi connectivity index (χ4v) is 3.55. The Balaban J connectivity index is 1.74. The lowest BCUT2D eigenvalue weighted by atomic mass is 9.54. The Hall–Kier alpha value is -0.0400. The van der Waals surface area contributed by atoms with Crippen LogP contribution in [0.4, 0.5) is 0 Å². The monoisotopic (exact) mass is 196 g/mol. The molecule has 1 nitrogen and oxygen atoms in total. The van der Waals surface area contributed by atoms with E-state index in [4.69, 9.17) is 4.74 Å². The molecule has 0 bridgehead atoms. The van der Waals surface area contributed by atoms with E-state index in [9.17, 15) is 0 Å². The van der Waals surface area contributed by atoms with Gasteiger partial charge in [-0.05, 0) is 55.8 Å². The zero-order valence-electron chi connectivity index (χ0n) is 9.72. The van der Waals surface area contributed by atoms with Crippen LogP contribution in [0.1, 0.15) is 51.9 Å². The van der Waals surface area contributed by atoms with Gasteiger partial charge in [0.2, 0.25) is 0 Å². The van der Waals surface area contributed by atoms with E-state index in [1.54, 1.807) is 0 Å². The standard InChI is InChI=1S/C13H24O/c1-3-11-8-13(9-11)6-4-12(5-7-13)10-14-2/h11-12H,3-10H2,1-2H3. The molecule has 0 N–H and O–H groups in total. The number of ether oxygens (including phenoxy) is 1. The van der Waals surface area contributed by atoms with Crippen molar-refractivity contribution in [2.24, 2.45) is 17.3 Å². The summed E-state index contributed by atoms with van der Waals surface area (Å²) in [6.07, 6.45) is 10.3. The summed E-state index contributed by atoms with van der Waals surface area (Å²) < 4.78 is 5.24. The van der Waals surface area contributed by atoms with Crippen molar-refractivity contribution in [2.75, 3.05) is 13.7 Å². The van der Waals surface area contributed by atoms with Crippen molar-refractivity contribution >= 4 is 0 Å². The average Bonchev–Trinajstić information content (AvgIpc) is 2.16. The third-order valence-corrected chi connectivity index (χ3v) is 4.59. The van der Waals surface area contributed by atoms with E-state index < -0.39 is 0 Å². The van der Waals surface area contributed by atoms with E-state index in [1.807, 2.05) is 7.11 Å². The molecule has 0 atom stereocenters. The minimum absolute atomic E-state index is 0.797. The fraction of sp³-hybridized carbons (Fsp3) is 1.00. The molecule has 2 aliphatic rings. The van der Waals surface area contributed by atoms with Crippen molar-refractivity contribution in [1.82, 2.24) is 0 Å². The minimum Gasteiger partial charge on any atom is -0.384 e. The summed E-state index contributed by atoms with van der Waals surface area (Å²) in [7, 11) is 1.83. The van der Waals surface area contributed by atoms with Crippen LogP contribution in [-0.4, -0.2) is 13.7 Å². The Morgan fingerprint density at radius 1 is 1.14 bits per heavy atom. The number of hydrogen-bond donors (Lipinski definition) is 0. The van der Waals surface area contributed by atoms with Crippen molar-refractivity contribution < 1.29 is 4.74 Å². The Morgan fingerprint density at radius 3 is 2.29 bits per heavy atom. The maximum Gasteiger partial charge on any atom is 0.0490 e. The molecule has 0 radical (unpaired) electrons. The van der Waals surface area contributed by atoms with E-state index in [-0.39, 0.29) is 0 Å². The first kappa shape index (κ1) is 10.5. The quantitative estimate of drug-likeness (QED) is 0.669. The molecule has 2 fully saturated rings. The third-order valence-electron chi connectivity index (χ3n) is 4.59. The first-order valence-electron chi connectivity index (χ1n) is 6.27. The molecule has 2 rings (SSSR count). The number of methoxy groups -OCH3 is 1. The molecule has 0 aromatic carbocycles. The second-order valence-corrected chi connectivity index (χ2v) is 5.58. The molecule has 14 heavy (non-hydrogen) atoms. The van der Waals surface area contributed by atoms with Gasteiger partial charge in [0.1, 0.15) is 0 Å². The van der Waals surface area contributed by atoms with Gasteiger partial charge < -0.3 is 4.74 Å². The smallest absolute Gasteiger partial charge is 0.0490 e. The summed E-state index contributed by atoms with van der Waals surface area (Å²) in [5.74, 6) is 1.93. The lowest BCUT2D eigenvalue weighted by molar-refractivity contribution is -0.0132. The normalized spacial score (nSPS) is 42.4. The summed E-state index contributed by atoms with van der Waals surface area (Å²) in [6.45, 7) is 3.33. The molecule has 0 aromatic rings. The van der Waals surface area contributed by atoms with E-state index >= 15 is 0 Å². The van der Waals surface area contributed by atoms with Crippen molar-refractivity contribution in [3.8, 4) is 0 Å². The Kier molecular flexibility index (Phi) is 3.16. The van der Waals surface area contributed by atoms with Crippen molar-refractivity contribution in [2.45, 2.75) is 51.9 Å². The largest absolute Gasteiger partial charge is 0.384 e. The fourth-order valence-electron chi connectivity index (χ4n) is 3.55. The van der Waals surface area contributed by atoms with Crippen LogP contribution in [0.15, 0.2) is 0 Å². The van der Waals surface area contributed by atoms with E-state index in [2.05, 4.69) is 6.92 Å². The van der Waals surface area contributed by atoms with Gasteiger partial charge in [-0.1, -0.05) is 13.3 Å². The summed E-state index contributed by atoms with van der Waals surface area (Å²) in [6, 6.07) is 0. The van der Waals surface area contributed by atoms with Gasteiger partial charge in [-0.3, -0.25) is 0 Å². The molecule has 0 saturated heterocycles. The van der Waals surface area contributed by atoms with Crippen LogP contribution in [0.5, 0.6) is 0 Å². The van der Waals surface area contributed by atoms with Gasteiger partial charge in [-0.15, -0.1) is 0 Å². The lowest BCUT2D eigenvalue weighted by Crippen LogP contribution is -2.40. The highest BCUT2D eigenvalue weighted by Crippen LogP contribution is 2.56. The van der Waals surface area contributed by atoms with Crippen LogP contribution in [0.25, 0.3) is 0 Å². The molecule has 0 amide bonds. The van der Waals surface area contributed by atoms with Crippen LogP contribution < -0.4 is 0 Å². The summed E-state index contributed by atoms with van der Waals surface area (Å²) in [5, 5.41) is 0. The predicted octanol–water partition coefficient (Wildman–Crippen LogP) is 3.63. The van der Waals surface area contributed by atoms with Crippen LogP contribution in [0.2, 0.25) is 0 Å². The zero-order valence-corrected chi connectivity index (χ0v) is 9.72. The maximum absolute atomic E-state index is 5.24. The molecular weight excluding hydrogens is 172 g/mol. The Morgan fingerprint density at radius 2 is 1.79 bits per heavy atom. The van der Waals surface area contributed by atoms with Gasteiger partial charge in [0.25, 0.3) is 0 Å². The molecule has 2 saturated carbocycles. The molecule has 0 aromatic heterocycles. The maximum atomic E-state index is 5.24. The van der Waals surface area contributed by atoms with Gasteiger partial charge in [-0.25, -0.2) is 0 Å². The molecule has 82 valence electrons. The first-order chi connectivity index (χ1) is 6.78. The third kappa shape index (κ3) is 1.98. The molecule has 0 heterocycles. The second-order valence-electron chi connectivity index (χ2n) is 5.58. The van der Waals surface area contributed by atoms with Crippen molar-refractivity contribution in [3.05, 3.63) is 0 Å². The average molecular weight is 196 g/mol. The molecule has 1 heteroatoms. The van der Waals surface area contributed by atoms with E-state index in [0.717, 1.165) is 23.9 Å². The number of hydrogen-bond acceptors (Lipinski definition) is 1. The topological polar surface area (TPSA) is 9.23 Å². The summed E-state index contributed by atoms with van der Waals surface area (Å²) in [4.78, 5) is 0. The molecule has 0 aliphatic heterocycles. The van der Waals surface area contributed by atoms with Crippen molar-refractivity contribution in [3.63, 3.8) is 0 Å². The number of rotatable bonds is 3. The van der Waals surface area contributed by atoms with Crippen LogP contribution in [0, 0.1) is 17.3 Å². The minimum atomic E-state index is 0.797. The van der Waals surface area contributed by atoms with Crippen LogP contribution in [-0.2, 0) is 4.74 Å². The lowest BCUT2D eigenvalue weighted by Gasteiger charge is -2.51. The molecule has 0 unspecified atom stereocenters. The molecule has 1 spiro atoms. The Bertz CT molecular complexity index is 172. The SMILES string of the molecule is CCC1CC2(CCC(COC)CC2)C1. The van der Waals surface area contributed by atoms with E-state index in [0.29, 0.717) is 0 Å². The van der Waals surface area contributed by atoms with Crippen molar-refractivity contribution in [1.29, 1.82) is 0 Å². The van der Waals surface area contributed by atoms with Crippen LogP contribution >= 0.6 is 0 Å². The highest BCUT2D eigenvalue weighted by molar-refractivity contribution is 4.95. The van der Waals surface area contributed by atoms with E-state index in [1.165, 1.54) is 44.9 Å². The molecular formula is C13H24O. The van der Waals surface area contributed by atoms with Gasteiger partial charge in [-0.2, -0.15) is 0 Å². The predicted molar refractivity (Wildman–Crippen MR) is 59.3 cm³/mol. The van der Waals surface area contributed by atoms with Gasteiger partial charge >= 0.3 is 0 Å². The highest BCUT2D eigenvalue weighted by atomic mass is 16.5. The second kappa shape index (κ2) is 4.22. The van der Waals surface area contributed by atoms with Gasteiger partial charge in [0, 0.05) is 13.7 Å². The summed E-state index contributed by atoms with van der Waals surface area (Å²) >= 11 is 0. The zero-order chi connectivity index (χ0) is 10.0. The molecule has 2 aliphatic carbocycles. The van der Waals surface area contributed by atoms with Gasteiger partial charge in [0.15, 0.2) is 0 Å².